The van der Waals surface area contributed by atoms with Crippen molar-refractivity contribution in [2.75, 3.05) is 31.9 Å². The van der Waals surface area contributed by atoms with Crippen molar-refractivity contribution >= 4 is 69.8 Å². The summed E-state index contributed by atoms with van der Waals surface area (Å²) in [6, 6.07) is 27.3. The van der Waals surface area contributed by atoms with Gasteiger partial charge in [-0.3, -0.25) is 28.8 Å². The molecule has 2 aliphatic heterocycles. The molecule has 55 heavy (non-hydrogen) atoms. The van der Waals surface area contributed by atoms with E-state index in [9.17, 15) is 28.8 Å². The van der Waals surface area contributed by atoms with E-state index < -0.39 is 35.4 Å². The number of fused-ring (bicyclic) bond motifs is 2. The highest BCUT2D eigenvalue weighted by atomic mass is 16.5. The second-order valence-electron chi connectivity index (χ2n) is 12.4. The maximum absolute atomic E-state index is 13.4. The van der Waals surface area contributed by atoms with Gasteiger partial charge in [0.25, 0.3) is 35.4 Å². The third-order valence-corrected chi connectivity index (χ3v) is 8.81. The molecule has 0 atom stereocenters. The molecule has 0 aliphatic carbocycles. The molecule has 268 valence electrons. The number of imide groups is 2. The number of ether oxygens (including phenoxy) is 1. The topological polar surface area (TPSA) is 220 Å². The summed E-state index contributed by atoms with van der Waals surface area (Å²) in [4.78, 5) is 88.8. The summed E-state index contributed by atoms with van der Waals surface area (Å²) in [5, 5.41) is 5.36. The summed E-state index contributed by atoms with van der Waals surface area (Å²) < 4.78 is 5.95. The van der Waals surface area contributed by atoms with Crippen molar-refractivity contribution in [1.82, 2.24) is 9.97 Å². The number of carbonyl (C=O) groups excluding carboxylic acids is 6. The van der Waals surface area contributed by atoms with E-state index in [2.05, 4.69) is 20.6 Å². The number of hydrogen-bond donors (Lipinski definition) is 4. The average Bonchev–Trinajstić information content (AvgIpc) is 3.60. The van der Waals surface area contributed by atoms with Gasteiger partial charge in [0, 0.05) is 11.1 Å². The third kappa shape index (κ3) is 6.33. The van der Waals surface area contributed by atoms with Crippen molar-refractivity contribution in [2.45, 2.75) is 0 Å². The van der Waals surface area contributed by atoms with Gasteiger partial charge in [0.05, 0.1) is 57.4 Å². The average molecular weight is 731 g/mol. The van der Waals surface area contributed by atoms with E-state index in [1.165, 1.54) is 60.9 Å². The maximum atomic E-state index is 13.4. The van der Waals surface area contributed by atoms with Crippen LogP contribution in [0.15, 0.2) is 122 Å². The lowest BCUT2D eigenvalue weighted by Gasteiger charge is -2.16. The van der Waals surface area contributed by atoms with Crippen LogP contribution < -0.4 is 36.6 Å². The van der Waals surface area contributed by atoms with Crippen LogP contribution in [0.3, 0.4) is 0 Å². The minimum Gasteiger partial charge on any atom is -0.457 e. The molecule has 8 rings (SSSR count). The summed E-state index contributed by atoms with van der Waals surface area (Å²) in [5.74, 6) is -1.88. The highest BCUT2D eigenvalue weighted by Crippen LogP contribution is 2.34. The molecule has 0 bridgehead atoms. The van der Waals surface area contributed by atoms with E-state index >= 15 is 0 Å². The van der Waals surface area contributed by atoms with E-state index in [-0.39, 0.29) is 33.4 Å². The van der Waals surface area contributed by atoms with Crippen molar-refractivity contribution in [2.24, 2.45) is 0 Å². The van der Waals surface area contributed by atoms with Gasteiger partial charge in [0.2, 0.25) is 0 Å². The van der Waals surface area contributed by atoms with Gasteiger partial charge in [-0.1, -0.05) is 0 Å². The quantitative estimate of drug-likeness (QED) is 0.142. The first-order chi connectivity index (χ1) is 26.5. The standard InChI is InChI=1S/C40H26N8O7/c41-33-15-3-23(19-43-33)45-35(49)21-1-13-29-31(17-21)39(53)47(37(29)51)25-5-9-27(10-6-25)55-28-11-7-26(8-12-28)48-38(52)30-14-2-22(18-32(30)40(48)54)36(50)46-24-4-16-34(42)44-20-24/h1-20H,(H2,41,43)(H2,42,44)(H,45,49)(H,46,50). The lowest BCUT2D eigenvalue weighted by atomic mass is 10.1. The Morgan fingerprint density at radius 2 is 0.873 bits per heavy atom. The van der Waals surface area contributed by atoms with Gasteiger partial charge in [-0.15, -0.1) is 0 Å². The minimum atomic E-state index is -0.587. The first-order valence-corrected chi connectivity index (χ1v) is 16.5. The Kier molecular flexibility index (Phi) is 8.27. The van der Waals surface area contributed by atoms with Crippen LogP contribution in [0, 0.1) is 0 Å². The van der Waals surface area contributed by atoms with Gasteiger partial charge in [-0.05, 0) is 109 Å². The van der Waals surface area contributed by atoms with Gasteiger partial charge in [-0.25, -0.2) is 19.8 Å². The summed E-state index contributed by atoms with van der Waals surface area (Å²) >= 11 is 0. The van der Waals surface area contributed by atoms with Crippen molar-refractivity contribution in [3.63, 3.8) is 0 Å². The van der Waals surface area contributed by atoms with Crippen LogP contribution in [0.1, 0.15) is 62.1 Å². The van der Waals surface area contributed by atoms with Crippen LogP contribution in [0.4, 0.5) is 34.4 Å². The van der Waals surface area contributed by atoms with Crippen molar-refractivity contribution < 1.29 is 33.5 Å². The Morgan fingerprint density at radius 3 is 1.24 bits per heavy atom. The van der Waals surface area contributed by atoms with E-state index in [4.69, 9.17) is 16.2 Å². The molecule has 15 nitrogen and oxygen atoms in total. The molecule has 4 aromatic carbocycles. The Morgan fingerprint density at radius 1 is 0.491 bits per heavy atom. The zero-order valence-corrected chi connectivity index (χ0v) is 28.3. The number of pyridine rings is 2. The number of aromatic nitrogens is 2. The maximum Gasteiger partial charge on any atom is 0.266 e. The van der Waals surface area contributed by atoms with Crippen molar-refractivity contribution in [3.05, 3.63) is 155 Å². The fourth-order valence-electron chi connectivity index (χ4n) is 6.06. The first-order valence-electron chi connectivity index (χ1n) is 16.5. The number of nitrogens with zero attached hydrogens (tertiary/aromatic N) is 4. The molecule has 0 spiro atoms. The Labute approximate surface area is 311 Å². The molecule has 0 radical (unpaired) electrons. The second-order valence-corrected chi connectivity index (χ2v) is 12.4. The summed E-state index contributed by atoms with van der Waals surface area (Å²) in [6.45, 7) is 0. The number of hydrogen-bond acceptors (Lipinski definition) is 11. The second kappa shape index (κ2) is 13.4. The molecule has 6 aromatic rings. The van der Waals surface area contributed by atoms with Crippen molar-refractivity contribution in [1.29, 1.82) is 0 Å². The van der Waals surface area contributed by atoms with E-state index in [1.54, 1.807) is 60.7 Å². The number of anilines is 6. The predicted octanol–water partition coefficient (Wildman–Crippen LogP) is 5.54. The van der Waals surface area contributed by atoms with Gasteiger partial charge < -0.3 is 26.8 Å². The zero-order valence-electron chi connectivity index (χ0n) is 28.3. The zero-order chi connectivity index (χ0) is 38.4. The molecule has 6 amide bonds. The SMILES string of the molecule is Nc1ccc(NC(=O)c2ccc3c(c2)C(=O)N(c2ccc(Oc4ccc(N5C(=O)c6ccc(C(=O)Nc7ccc(N)nc7)cc6C5=O)cc4)cc2)C3=O)cn1. The molecule has 0 saturated heterocycles. The van der Waals surface area contributed by atoms with Crippen molar-refractivity contribution in [3.8, 4) is 11.5 Å². The molecule has 0 unspecified atom stereocenters. The van der Waals surface area contributed by atoms with Gasteiger partial charge in [-0.2, -0.15) is 0 Å². The molecule has 0 saturated carbocycles. The number of carbonyl (C=O) groups is 6. The Hall–Kier alpha value is -8.20. The van der Waals surface area contributed by atoms with Crippen LogP contribution in [0.5, 0.6) is 11.5 Å². The lowest BCUT2D eigenvalue weighted by Crippen LogP contribution is -2.29. The number of amides is 6. The normalized spacial score (nSPS) is 13.1. The summed E-state index contributed by atoms with van der Waals surface area (Å²) in [6.07, 6.45) is 2.81. The van der Waals surface area contributed by atoms with Gasteiger partial charge in [0.15, 0.2) is 0 Å². The number of nitrogen functional groups attached to an aromatic ring is 2. The minimum absolute atomic E-state index is 0.0876. The van der Waals surface area contributed by atoms with E-state index in [0.29, 0.717) is 45.9 Å². The van der Waals surface area contributed by atoms with Crippen LogP contribution in [0.25, 0.3) is 0 Å². The number of nitrogens with one attached hydrogen (secondary N) is 2. The largest absolute Gasteiger partial charge is 0.457 e. The molecule has 4 heterocycles. The molecule has 2 aliphatic rings. The molecule has 6 N–H and O–H groups in total. The fraction of sp³-hybridized carbons (Fsp3) is 0. The van der Waals surface area contributed by atoms with E-state index in [1.807, 2.05) is 0 Å². The predicted molar refractivity (Wildman–Crippen MR) is 201 cm³/mol. The third-order valence-electron chi connectivity index (χ3n) is 8.81. The van der Waals surface area contributed by atoms with Gasteiger partial charge in [0.1, 0.15) is 23.1 Å². The van der Waals surface area contributed by atoms with Crippen LogP contribution in [-0.4, -0.2) is 45.4 Å². The highest BCUT2D eigenvalue weighted by molar-refractivity contribution is 6.35. The Balaban J connectivity index is 0.918. The summed E-state index contributed by atoms with van der Waals surface area (Å²) in [5.41, 5.74) is 13.5. The summed E-state index contributed by atoms with van der Waals surface area (Å²) in [7, 11) is 0. The molecular formula is C40H26N8O7. The number of benzene rings is 4. The fourth-order valence-corrected chi connectivity index (χ4v) is 6.06. The van der Waals surface area contributed by atoms with Crippen LogP contribution >= 0.6 is 0 Å². The monoisotopic (exact) mass is 730 g/mol. The van der Waals surface area contributed by atoms with E-state index in [0.717, 1.165) is 9.80 Å². The smallest absolute Gasteiger partial charge is 0.266 e. The molecule has 0 fully saturated rings. The Bertz CT molecular complexity index is 2410. The lowest BCUT2D eigenvalue weighted by molar-refractivity contribution is 0.0910. The number of nitrogens with two attached hydrogens (primary N) is 2. The van der Waals surface area contributed by atoms with Crippen LogP contribution in [-0.2, 0) is 0 Å². The number of rotatable bonds is 8. The highest BCUT2D eigenvalue weighted by Gasteiger charge is 2.38. The first kappa shape index (κ1) is 33.9. The van der Waals surface area contributed by atoms with Gasteiger partial charge >= 0.3 is 0 Å². The molecule has 15 heteroatoms. The van der Waals surface area contributed by atoms with Crippen LogP contribution in [0.2, 0.25) is 0 Å². The molecular weight excluding hydrogens is 704 g/mol. The molecule has 2 aromatic heterocycles.